The van der Waals surface area contributed by atoms with Gasteiger partial charge < -0.3 is 4.74 Å². The minimum atomic E-state index is -0.452. The zero-order valence-electron chi connectivity index (χ0n) is 19.0. The molecule has 0 saturated carbocycles. The predicted molar refractivity (Wildman–Crippen MR) is 143 cm³/mol. The van der Waals surface area contributed by atoms with Gasteiger partial charge in [0.2, 0.25) is 5.12 Å². The molecule has 1 aliphatic heterocycles. The van der Waals surface area contributed by atoms with Crippen molar-refractivity contribution in [1.29, 1.82) is 0 Å². The van der Waals surface area contributed by atoms with Crippen LogP contribution in [0.1, 0.15) is 37.8 Å². The molecule has 2 aliphatic rings. The highest BCUT2D eigenvalue weighted by Gasteiger charge is 2.46. The number of esters is 1. The number of benzene rings is 2. The summed E-state index contributed by atoms with van der Waals surface area (Å²) in [5.41, 5.74) is 3.35. The van der Waals surface area contributed by atoms with Crippen LogP contribution in [0, 0.1) is 5.92 Å². The van der Waals surface area contributed by atoms with Gasteiger partial charge in [-0.3, -0.25) is 14.4 Å². The van der Waals surface area contributed by atoms with E-state index in [9.17, 15) is 14.4 Å². The van der Waals surface area contributed by atoms with Gasteiger partial charge in [-0.2, -0.15) is 0 Å². The summed E-state index contributed by atoms with van der Waals surface area (Å²) in [5.74, 6) is -0.131. The largest absolute Gasteiger partial charge is 0.427 e. The van der Waals surface area contributed by atoms with Gasteiger partial charge in [0, 0.05) is 27.8 Å². The molecule has 1 heterocycles. The zero-order chi connectivity index (χ0) is 24.4. The Bertz CT molecular complexity index is 1240. The topological polar surface area (TPSA) is 60.4 Å². The van der Waals surface area contributed by atoms with Gasteiger partial charge in [-0.1, -0.05) is 70.6 Å². The number of carbonyl (C=O) groups excluding carboxylic acids is 3. The van der Waals surface area contributed by atoms with E-state index in [1.165, 1.54) is 30.4 Å². The molecule has 7 heteroatoms. The summed E-state index contributed by atoms with van der Waals surface area (Å²) in [7, 11) is 0. The normalized spacial score (nSPS) is 20.9. The smallest absolute Gasteiger partial charge is 0.308 e. The van der Waals surface area contributed by atoms with Crippen LogP contribution in [0.5, 0.6) is 5.75 Å². The number of hydrogen-bond donors (Lipinski definition) is 0. The van der Waals surface area contributed by atoms with Gasteiger partial charge in [-0.25, -0.2) is 0 Å². The highest BCUT2D eigenvalue weighted by molar-refractivity contribution is 9.10. The van der Waals surface area contributed by atoms with Crippen LogP contribution >= 0.6 is 39.5 Å². The third kappa shape index (κ3) is 5.16. The predicted octanol–water partition coefficient (Wildman–Crippen LogP) is 6.92. The number of thioether (sulfide) groups is 2. The first kappa shape index (κ1) is 24.8. The fourth-order valence-electron chi connectivity index (χ4n) is 4.24. The van der Waals surface area contributed by atoms with Crippen molar-refractivity contribution in [3.05, 3.63) is 91.2 Å². The standard InChI is InChI=1S/C27H23BrO4S2/c1-4-33-27(31)23-15(2)13-21-25(24(23)18-7-11-20(12-8-18)32-16(3)29)26(30)22(34-21)14-17-5-9-19(28)10-6-17/h5-14,24-25H,4H2,1-3H3/b22-14+. The molecule has 1 aliphatic carbocycles. The van der Waals surface area contributed by atoms with E-state index in [0.29, 0.717) is 22.0 Å². The van der Waals surface area contributed by atoms with E-state index in [4.69, 9.17) is 4.74 Å². The number of ether oxygens (including phenoxy) is 1. The maximum atomic E-state index is 13.7. The van der Waals surface area contributed by atoms with Gasteiger partial charge in [0.25, 0.3) is 0 Å². The molecular weight excluding hydrogens is 532 g/mol. The van der Waals surface area contributed by atoms with Crippen LogP contribution < -0.4 is 4.74 Å². The fourth-order valence-corrected chi connectivity index (χ4v) is 6.49. The molecule has 2 aromatic carbocycles. The Morgan fingerprint density at radius 3 is 2.38 bits per heavy atom. The quantitative estimate of drug-likeness (QED) is 0.227. The van der Waals surface area contributed by atoms with E-state index in [-0.39, 0.29) is 10.9 Å². The third-order valence-electron chi connectivity index (χ3n) is 5.65. The second-order valence-electron chi connectivity index (χ2n) is 8.01. The van der Waals surface area contributed by atoms with Crippen LogP contribution in [-0.4, -0.2) is 22.6 Å². The van der Waals surface area contributed by atoms with E-state index in [2.05, 4.69) is 15.9 Å². The monoisotopic (exact) mass is 554 g/mol. The number of halogens is 1. The van der Waals surface area contributed by atoms with Crippen molar-refractivity contribution < 1.29 is 19.1 Å². The van der Waals surface area contributed by atoms with Gasteiger partial charge in [0.15, 0.2) is 5.78 Å². The first-order chi connectivity index (χ1) is 16.3. The summed E-state index contributed by atoms with van der Waals surface area (Å²) >= 11 is 6.18. The first-order valence-electron chi connectivity index (χ1n) is 10.9. The number of allylic oxidation sites excluding steroid dienone is 4. The van der Waals surface area contributed by atoms with Gasteiger partial charge in [-0.05, 0) is 65.8 Å². The van der Waals surface area contributed by atoms with Crippen molar-refractivity contribution in [3.63, 3.8) is 0 Å². The molecule has 1 saturated heterocycles. The first-order valence-corrected chi connectivity index (χ1v) is 13.4. The molecular formula is C27H23BrO4S2. The number of hydrogen-bond acceptors (Lipinski definition) is 6. The maximum Gasteiger partial charge on any atom is 0.308 e. The summed E-state index contributed by atoms with van der Waals surface area (Å²) in [5, 5.41) is -0.00694. The van der Waals surface area contributed by atoms with Crippen molar-refractivity contribution in [2.24, 2.45) is 5.92 Å². The number of ketones is 1. The fraction of sp³-hybridized carbons (Fsp3) is 0.222. The summed E-state index contributed by atoms with van der Waals surface area (Å²) in [6.07, 6.45) is 3.90. The van der Waals surface area contributed by atoms with E-state index < -0.39 is 17.8 Å². The van der Waals surface area contributed by atoms with E-state index in [1.54, 1.807) is 12.1 Å². The maximum absolute atomic E-state index is 13.7. The van der Waals surface area contributed by atoms with Crippen LogP contribution in [0.2, 0.25) is 0 Å². The molecule has 2 atom stereocenters. The van der Waals surface area contributed by atoms with Gasteiger partial charge in [0.1, 0.15) is 5.75 Å². The highest BCUT2D eigenvalue weighted by atomic mass is 79.9. The van der Waals surface area contributed by atoms with Crippen LogP contribution in [0.4, 0.5) is 0 Å². The zero-order valence-corrected chi connectivity index (χ0v) is 22.2. The van der Waals surface area contributed by atoms with Crippen molar-refractivity contribution in [2.45, 2.75) is 26.7 Å². The lowest BCUT2D eigenvalue weighted by molar-refractivity contribution is -0.131. The van der Waals surface area contributed by atoms with Gasteiger partial charge in [-0.15, -0.1) is 0 Å². The van der Waals surface area contributed by atoms with Crippen molar-refractivity contribution in [2.75, 3.05) is 5.75 Å². The molecule has 1 fully saturated rings. The van der Waals surface area contributed by atoms with E-state index >= 15 is 0 Å². The minimum Gasteiger partial charge on any atom is -0.427 e. The van der Waals surface area contributed by atoms with Crippen molar-refractivity contribution in [1.82, 2.24) is 0 Å². The molecule has 174 valence electrons. The second-order valence-corrected chi connectivity index (χ2v) is 11.3. The Labute approximate surface area is 216 Å². The minimum absolute atomic E-state index is 0.00694. The number of rotatable bonds is 5. The molecule has 4 rings (SSSR count). The molecule has 2 aromatic rings. The lowest BCUT2D eigenvalue weighted by atomic mass is 9.73. The average molecular weight is 556 g/mol. The molecule has 0 amide bonds. The van der Waals surface area contributed by atoms with Gasteiger partial charge in [0.05, 0.1) is 10.8 Å². The third-order valence-corrected chi connectivity index (χ3v) is 8.10. The molecule has 0 aromatic heterocycles. The molecule has 0 N–H and O–H groups in total. The van der Waals surface area contributed by atoms with Crippen LogP contribution in [-0.2, 0) is 14.4 Å². The van der Waals surface area contributed by atoms with Crippen molar-refractivity contribution in [3.8, 4) is 5.75 Å². The molecule has 0 radical (unpaired) electrons. The van der Waals surface area contributed by atoms with E-state index in [0.717, 1.165) is 26.1 Å². The Morgan fingerprint density at radius 2 is 1.76 bits per heavy atom. The molecule has 2 unspecified atom stereocenters. The molecule has 0 bridgehead atoms. The van der Waals surface area contributed by atoms with Gasteiger partial charge >= 0.3 is 5.97 Å². The summed E-state index contributed by atoms with van der Waals surface area (Å²) in [6.45, 7) is 5.24. The Kier molecular flexibility index (Phi) is 7.65. The average Bonchev–Trinajstić information content (AvgIpc) is 3.09. The van der Waals surface area contributed by atoms with Crippen molar-refractivity contribution >= 4 is 62.4 Å². The van der Waals surface area contributed by atoms with Crippen LogP contribution in [0.25, 0.3) is 6.08 Å². The Hall–Kier alpha value is -2.35. The Balaban J connectivity index is 1.76. The van der Waals surface area contributed by atoms with E-state index in [1.807, 2.05) is 62.4 Å². The number of Topliss-reactive ketones (excluding diaryl/α,β-unsaturated/α-hetero) is 1. The lowest BCUT2D eigenvalue weighted by Gasteiger charge is -2.30. The van der Waals surface area contributed by atoms with Crippen LogP contribution in [0.3, 0.4) is 0 Å². The van der Waals surface area contributed by atoms with Crippen LogP contribution in [0.15, 0.2) is 80.0 Å². The lowest BCUT2D eigenvalue weighted by Crippen LogP contribution is -2.27. The second kappa shape index (κ2) is 10.5. The number of carbonyl (C=O) groups is 3. The molecule has 34 heavy (non-hydrogen) atoms. The Morgan fingerprint density at radius 1 is 1.09 bits per heavy atom. The summed E-state index contributed by atoms with van der Waals surface area (Å²) in [4.78, 5) is 39.8. The highest BCUT2D eigenvalue weighted by Crippen LogP contribution is 2.55. The number of fused-ring (bicyclic) bond motifs is 1. The molecule has 4 nitrogen and oxygen atoms in total. The summed E-state index contributed by atoms with van der Waals surface area (Å²) in [6, 6.07) is 14.9. The molecule has 0 spiro atoms. The SMILES string of the molecule is CCSC(=O)C1=C(C)C=C2S/C(=C/c3ccc(Br)cc3)C(=O)C2C1c1ccc(OC(C)=O)cc1. The summed E-state index contributed by atoms with van der Waals surface area (Å²) < 4.78 is 6.15.